The molecule has 0 radical (unpaired) electrons. The molecule has 0 bridgehead atoms. The van der Waals surface area contributed by atoms with Crippen LogP contribution in [0.2, 0.25) is 15.1 Å². The summed E-state index contributed by atoms with van der Waals surface area (Å²) in [7, 11) is 1.54. The second-order valence-electron chi connectivity index (χ2n) is 6.45. The van der Waals surface area contributed by atoms with Gasteiger partial charge in [-0.3, -0.25) is 0 Å². The van der Waals surface area contributed by atoms with Crippen molar-refractivity contribution in [2.75, 3.05) is 12.4 Å². The summed E-state index contributed by atoms with van der Waals surface area (Å²) < 4.78 is 12.1. The first kappa shape index (κ1) is 23.5. The zero-order chi connectivity index (χ0) is 22.5. The SMILES string of the molecule is COc1cc(CNc2cc(C(=O)O)ccc2Cl)cc(Br)c1OCc1c(Cl)cccc1Cl. The molecule has 2 N–H and O–H groups in total. The number of hydrogen-bond acceptors (Lipinski definition) is 4. The lowest BCUT2D eigenvalue weighted by atomic mass is 10.1. The van der Waals surface area contributed by atoms with Crippen LogP contribution < -0.4 is 14.8 Å². The average molecular weight is 546 g/mol. The number of rotatable bonds is 8. The Labute approximate surface area is 203 Å². The predicted octanol–water partition coefficient (Wildman–Crippen LogP) is 7.31. The van der Waals surface area contributed by atoms with Crippen molar-refractivity contribution in [1.82, 2.24) is 0 Å². The first-order valence-corrected chi connectivity index (χ1v) is 10.9. The number of aromatic carboxylic acids is 1. The van der Waals surface area contributed by atoms with Gasteiger partial charge in [0.25, 0.3) is 0 Å². The van der Waals surface area contributed by atoms with Gasteiger partial charge in [0.15, 0.2) is 11.5 Å². The minimum absolute atomic E-state index is 0.146. The Bertz CT molecular complexity index is 1100. The topological polar surface area (TPSA) is 67.8 Å². The maximum absolute atomic E-state index is 11.2. The average Bonchev–Trinajstić information content (AvgIpc) is 2.73. The first-order valence-electron chi connectivity index (χ1n) is 8.99. The highest BCUT2D eigenvalue weighted by Crippen LogP contribution is 2.38. The number of ether oxygens (including phenoxy) is 2. The Morgan fingerprint density at radius 3 is 2.42 bits per heavy atom. The quantitative estimate of drug-likeness (QED) is 0.311. The van der Waals surface area contributed by atoms with E-state index in [-0.39, 0.29) is 12.2 Å². The van der Waals surface area contributed by atoms with Gasteiger partial charge in [0.05, 0.1) is 27.9 Å². The van der Waals surface area contributed by atoms with E-state index in [1.165, 1.54) is 12.1 Å². The normalized spacial score (nSPS) is 10.6. The van der Waals surface area contributed by atoms with E-state index in [4.69, 9.17) is 49.4 Å². The highest BCUT2D eigenvalue weighted by Gasteiger charge is 2.15. The van der Waals surface area contributed by atoms with Gasteiger partial charge in [-0.15, -0.1) is 0 Å². The molecule has 0 aliphatic rings. The largest absolute Gasteiger partial charge is 0.493 e. The third-order valence-corrected chi connectivity index (χ3v) is 6.03. The highest BCUT2D eigenvalue weighted by molar-refractivity contribution is 9.10. The number of nitrogens with one attached hydrogen (secondary N) is 1. The number of benzene rings is 3. The van der Waals surface area contributed by atoms with E-state index in [2.05, 4.69) is 21.2 Å². The molecule has 0 spiro atoms. The summed E-state index contributed by atoms with van der Waals surface area (Å²) in [6, 6.07) is 13.4. The molecule has 3 aromatic carbocycles. The van der Waals surface area contributed by atoms with Gasteiger partial charge in [-0.1, -0.05) is 40.9 Å². The van der Waals surface area contributed by atoms with Gasteiger partial charge in [0.1, 0.15) is 6.61 Å². The summed E-state index contributed by atoms with van der Waals surface area (Å²) in [6.07, 6.45) is 0. The van der Waals surface area contributed by atoms with Crippen molar-refractivity contribution in [2.24, 2.45) is 0 Å². The molecule has 3 rings (SSSR count). The lowest BCUT2D eigenvalue weighted by molar-refractivity contribution is 0.0697. The zero-order valence-electron chi connectivity index (χ0n) is 16.2. The van der Waals surface area contributed by atoms with Gasteiger partial charge < -0.3 is 19.9 Å². The van der Waals surface area contributed by atoms with Crippen molar-refractivity contribution >= 4 is 62.4 Å². The summed E-state index contributed by atoms with van der Waals surface area (Å²) in [5.74, 6) is -0.00265. The number of carboxylic acid groups (broad SMARTS) is 1. The molecule has 5 nitrogen and oxygen atoms in total. The van der Waals surface area contributed by atoms with Crippen LogP contribution in [-0.2, 0) is 13.2 Å². The number of methoxy groups -OCH3 is 1. The Morgan fingerprint density at radius 2 is 1.77 bits per heavy atom. The van der Waals surface area contributed by atoms with Crippen LogP contribution in [0.15, 0.2) is 53.0 Å². The lowest BCUT2D eigenvalue weighted by Gasteiger charge is -2.16. The van der Waals surface area contributed by atoms with Crippen LogP contribution in [-0.4, -0.2) is 18.2 Å². The highest BCUT2D eigenvalue weighted by atomic mass is 79.9. The lowest BCUT2D eigenvalue weighted by Crippen LogP contribution is -2.04. The van der Waals surface area contributed by atoms with E-state index in [0.29, 0.717) is 48.8 Å². The predicted molar refractivity (Wildman–Crippen MR) is 127 cm³/mol. The van der Waals surface area contributed by atoms with Crippen molar-refractivity contribution in [3.8, 4) is 11.5 Å². The van der Waals surface area contributed by atoms with Crippen LogP contribution in [0, 0.1) is 0 Å². The molecule has 0 heterocycles. The Balaban J connectivity index is 1.78. The van der Waals surface area contributed by atoms with Crippen molar-refractivity contribution < 1.29 is 19.4 Å². The Hall–Kier alpha value is -2.12. The van der Waals surface area contributed by atoms with Crippen molar-refractivity contribution in [3.63, 3.8) is 0 Å². The minimum Gasteiger partial charge on any atom is -0.493 e. The van der Waals surface area contributed by atoms with Gasteiger partial charge in [-0.25, -0.2) is 4.79 Å². The second kappa shape index (κ2) is 10.5. The summed E-state index contributed by atoms with van der Waals surface area (Å²) in [4.78, 5) is 11.2. The van der Waals surface area contributed by atoms with Gasteiger partial charge in [-0.2, -0.15) is 0 Å². The summed E-state index contributed by atoms with van der Waals surface area (Å²) in [5.41, 5.74) is 2.21. The smallest absolute Gasteiger partial charge is 0.335 e. The van der Waals surface area contributed by atoms with Crippen LogP contribution >= 0.6 is 50.7 Å². The Kier molecular flexibility index (Phi) is 7.94. The van der Waals surface area contributed by atoms with Crippen molar-refractivity contribution in [3.05, 3.63) is 84.8 Å². The van der Waals surface area contributed by atoms with E-state index >= 15 is 0 Å². The van der Waals surface area contributed by atoms with Gasteiger partial charge in [-0.05, 0) is 64.0 Å². The van der Waals surface area contributed by atoms with E-state index < -0.39 is 5.97 Å². The molecule has 0 unspecified atom stereocenters. The molecule has 0 aliphatic carbocycles. The third-order valence-electron chi connectivity index (χ3n) is 4.41. The molecular weight excluding hydrogens is 529 g/mol. The Morgan fingerprint density at radius 1 is 1.06 bits per heavy atom. The maximum Gasteiger partial charge on any atom is 0.335 e. The van der Waals surface area contributed by atoms with Gasteiger partial charge in [0.2, 0.25) is 0 Å². The fourth-order valence-corrected chi connectivity index (χ4v) is 4.12. The standard InChI is InChI=1S/C22H17BrCl3NO4/c1-30-20-8-12(10-27-19-9-13(22(28)29)5-6-18(19)26)7-15(23)21(20)31-11-14-16(24)3-2-4-17(14)25/h2-9,27H,10-11H2,1H3,(H,28,29). The molecule has 31 heavy (non-hydrogen) atoms. The third kappa shape index (κ3) is 5.77. The molecule has 3 aromatic rings. The monoisotopic (exact) mass is 543 g/mol. The molecule has 0 saturated carbocycles. The number of halogens is 4. The fourth-order valence-electron chi connectivity index (χ4n) is 2.82. The van der Waals surface area contributed by atoms with E-state index in [1.54, 1.807) is 31.4 Å². The van der Waals surface area contributed by atoms with E-state index in [0.717, 1.165) is 5.56 Å². The molecule has 0 aromatic heterocycles. The first-order chi connectivity index (χ1) is 14.8. The second-order valence-corrected chi connectivity index (χ2v) is 8.53. The molecule has 0 atom stereocenters. The maximum atomic E-state index is 11.2. The van der Waals surface area contributed by atoms with Crippen molar-refractivity contribution in [1.29, 1.82) is 0 Å². The van der Waals surface area contributed by atoms with Gasteiger partial charge in [0, 0.05) is 22.2 Å². The minimum atomic E-state index is -1.02. The molecule has 0 aliphatic heterocycles. The van der Waals surface area contributed by atoms with E-state index in [1.807, 2.05) is 12.1 Å². The summed E-state index contributed by atoms with van der Waals surface area (Å²) >= 11 is 22.1. The van der Waals surface area contributed by atoms with Gasteiger partial charge >= 0.3 is 5.97 Å². The summed E-state index contributed by atoms with van der Waals surface area (Å²) in [5, 5.41) is 13.8. The zero-order valence-corrected chi connectivity index (χ0v) is 20.1. The van der Waals surface area contributed by atoms with Crippen LogP contribution in [0.4, 0.5) is 5.69 Å². The molecule has 162 valence electrons. The fraction of sp³-hybridized carbons (Fsp3) is 0.136. The molecule has 0 saturated heterocycles. The van der Waals surface area contributed by atoms with Crippen LogP contribution in [0.1, 0.15) is 21.5 Å². The molecule has 9 heteroatoms. The van der Waals surface area contributed by atoms with E-state index in [9.17, 15) is 4.79 Å². The number of anilines is 1. The van der Waals surface area contributed by atoms with Crippen molar-refractivity contribution in [2.45, 2.75) is 13.2 Å². The number of carboxylic acids is 1. The molecule has 0 amide bonds. The molecular formula is C22H17BrCl3NO4. The number of carbonyl (C=O) groups is 1. The summed E-state index contributed by atoms with van der Waals surface area (Å²) in [6.45, 7) is 0.553. The van der Waals surface area contributed by atoms with Crippen LogP contribution in [0.25, 0.3) is 0 Å². The molecule has 0 fully saturated rings. The van der Waals surface area contributed by atoms with Crippen LogP contribution in [0.5, 0.6) is 11.5 Å². The number of hydrogen-bond donors (Lipinski definition) is 2. The van der Waals surface area contributed by atoms with Crippen LogP contribution in [0.3, 0.4) is 0 Å².